The van der Waals surface area contributed by atoms with Crippen molar-refractivity contribution in [2.45, 2.75) is 46.1 Å². The first-order chi connectivity index (χ1) is 6.29. The van der Waals surface area contributed by atoms with Crippen molar-refractivity contribution < 1.29 is 14.6 Å². The predicted molar refractivity (Wildman–Crippen MR) is 53.8 cm³/mol. The molecule has 0 heterocycles. The van der Waals surface area contributed by atoms with Crippen LogP contribution in [0.4, 0.5) is 0 Å². The maximum atomic E-state index is 11.8. The Morgan fingerprint density at radius 1 is 1.36 bits per heavy atom. The Labute approximate surface area is 85.5 Å². The van der Waals surface area contributed by atoms with Gasteiger partial charge in [-0.3, -0.25) is 4.79 Å². The van der Waals surface area contributed by atoms with Crippen LogP contribution in [0.3, 0.4) is 0 Å². The molecular weight excluding hydrogens is 180 g/mol. The van der Waals surface area contributed by atoms with E-state index in [1.165, 1.54) is 0 Å². The second-order valence-corrected chi connectivity index (χ2v) is 5.35. The summed E-state index contributed by atoms with van der Waals surface area (Å²) in [7, 11) is 0. The van der Waals surface area contributed by atoms with Gasteiger partial charge >= 0.3 is 5.97 Å². The van der Waals surface area contributed by atoms with E-state index in [0.29, 0.717) is 5.92 Å². The zero-order valence-corrected chi connectivity index (χ0v) is 9.46. The Balaban J connectivity index is 2.65. The quantitative estimate of drug-likeness (QED) is 0.706. The van der Waals surface area contributed by atoms with Gasteiger partial charge in [0, 0.05) is 0 Å². The van der Waals surface area contributed by atoms with Crippen LogP contribution < -0.4 is 0 Å². The number of aliphatic hydroxyl groups is 1. The van der Waals surface area contributed by atoms with Crippen LogP contribution >= 0.6 is 0 Å². The summed E-state index contributed by atoms with van der Waals surface area (Å²) < 4.78 is 5.30. The van der Waals surface area contributed by atoms with Crippen LogP contribution in [0.25, 0.3) is 0 Å². The first-order valence-corrected chi connectivity index (χ1v) is 5.14. The van der Waals surface area contributed by atoms with Gasteiger partial charge in [0.25, 0.3) is 0 Å². The summed E-state index contributed by atoms with van der Waals surface area (Å²) in [5.41, 5.74) is -1.16. The first kappa shape index (κ1) is 11.5. The smallest absolute Gasteiger partial charge is 0.314 e. The fraction of sp³-hybridized carbons (Fsp3) is 0.909. The lowest BCUT2D eigenvalue weighted by Crippen LogP contribution is -2.39. The number of ether oxygens (including phenoxy) is 1. The molecule has 0 aromatic carbocycles. The Morgan fingerprint density at radius 3 is 2.14 bits per heavy atom. The van der Waals surface area contributed by atoms with Gasteiger partial charge < -0.3 is 9.84 Å². The van der Waals surface area contributed by atoms with Crippen molar-refractivity contribution >= 4 is 5.97 Å². The summed E-state index contributed by atoms with van der Waals surface area (Å²) in [6.45, 7) is 7.20. The van der Waals surface area contributed by atoms with Gasteiger partial charge in [0.2, 0.25) is 0 Å². The van der Waals surface area contributed by atoms with E-state index in [9.17, 15) is 9.90 Å². The second kappa shape index (κ2) is 3.54. The van der Waals surface area contributed by atoms with Gasteiger partial charge in [0.1, 0.15) is 5.60 Å². The van der Waals surface area contributed by atoms with E-state index in [-0.39, 0.29) is 12.6 Å². The van der Waals surface area contributed by atoms with E-state index in [1.54, 1.807) is 6.92 Å². The average molecular weight is 200 g/mol. The van der Waals surface area contributed by atoms with Gasteiger partial charge in [-0.15, -0.1) is 0 Å². The van der Waals surface area contributed by atoms with Crippen LogP contribution in [0.1, 0.15) is 40.5 Å². The molecule has 1 rings (SSSR count). The largest absolute Gasteiger partial charge is 0.459 e. The SMILES string of the molecule is CC(C)(C)OC(=O)C(C)(CO)C1CC1. The van der Waals surface area contributed by atoms with Crippen LogP contribution in [-0.2, 0) is 9.53 Å². The third-order valence-electron chi connectivity index (χ3n) is 2.67. The lowest BCUT2D eigenvalue weighted by molar-refractivity contribution is -0.170. The number of carbonyl (C=O) groups excluding carboxylic acids is 1. The van der Waals surface area contributed by atoms with Gasteiger partial charge in [-0.05, 0) is 46.5 Å². The maximum Gasteiger partial charge on any atom is 0.314 e. The van der Waals surface area contributed by atoms with Crippen molar-refractivity contribution in [3.05, 3.63) is 0 Å². The minimum Gasteiger partial charge on any atom is -0.459 e. The number of carbonyl (C=O) groups is 1. The molecule has 1 aliphatic rings. The molecule has 1 N–H and O–H groups in total. The van der Waals surface area contributed by atoms with Crippen LogP contribution in [0.2, 0.25) is 0 Å². The molecule has 14 heavy (non-hydrogen) atoms. The summed E-state index contributed by atoms with van der Waals surface area (Å²) in [5.74, 6) is 0.0392. The number of rotatable bonds is 3. The van der Waals surface area contributed by atoms with Crippen molar-refractivity contribution in [1.82, 2.24) is 0 Å². The van der Waals surface area contributed by atoms with E-state index in [0.717, 1.165) is 12.8 Å². The van der Waals surface area contributed by atoms with Crippen molar-refractivity contribution in [1.29, 1.82) is 0 Å². The van der Waals surface area contributed by atoms with E-state index in [4.69, 9.17) is 4.74 Å². The molecule has 0 bridgehead atoms. The van der Waals surface area contributed by atoms with Crippen molar-refractivity contribution in [3.8, 4) is 0 Å². The highest BCUT2D eigenvalue weighted by molar-refractivity contribution is 5.77. The number of esters is 1. The normalized spacial score (nSPS) is 21.5. The fourth-order valence-corrected chi connectivity index (χ4v) is 1.48. The molecule has 0 radical (unpaired) electrons. The Hall–Kier alpha value is -0.570. The highest BCUT2D eigenvalue weighted by Gasteiger charge is 2.48. The fourth-order valence-electron chi connectivity index (χ4n) is 1.48. The van der Waals surface area contributed by atoms with E-state index < -0.39 is 11.0 Å². The van der Waals surface area contributed by atoms with Crippen molar-refractivity contribution in [3.63, 3.8) is 0 Å². The lowest BCUT2D eigenvalue weighted by Gasteiger charge is -2.29. The minimum absolute atomic E-state index is 0.118. The van der Waals surface area contributed by atoms with Gasteiger partial charge in [0.15, 0.2) is 0 Å². The van der Waals surface area contributed by atoms with E-state index in [2.05, 4.69) is 0 Å². The van der Waals surface area contributed by atoms with Crippen LogP contribution in [-0.4, -0.2) is 23.3 Å². The molecule has 0 aromatic heterocycles. The Kier molecular flexibility index (Phi) is 2.91. The molecule has 0 saturated heterocycles. The Morgan fingerprint density at radius 2 is 1.86 bits per heavy atom. The molecule has 1 unspecified atom stereocenters. The zero-order valence-electron chi connectivity index (χ0n) is 9.46. The van der Waals surface area contributed by atoms with Gasteiger partial charge in [0.05, 0.1) is 12.0 Å². The molecule has 3 heteroatoms. The molecule has 82 valence electrons. The molecule has 0 amide bonds. The van der Waals surface area contributed by atoms with Crippen LogP contribution in [0, 0.1) is 11.3 Å². The van der Waals surface area contributed by atoms with Crippen molar-refractivity contribution in [2.75, 3.05) is 6.61 Å². The summed E-state index contributed by atoms with van der Waals surface area (Å²) in [4.78, 5) is 11.8. The highest BCUT2D eigenvalue weighted by atomic mass is 16.6. The summed E-state index contributed by atoms with van der Waals surface area (Å²) in [6.07, 6.45) is 2.05. The monoisotopic (exact) mass is 200 g/mol. The predicted octanol–water partition coefficient (Wildman–Crippen LogP) is 1.74. The second-order valence-electron chi connectivity index (χ2n) is 5.35. The molecule has 3 nitrogen and oxygen atoms in total. The molecule has 1 fully saturated rings. The first-order valence-electron chi connectivity index (χ1n) is 5.14. The average Bonchev–Trinajstić information content (AvgIpc) is 2.81. The zero-order chi connectivity index (χ0) is 11.0. The molecule has 1 saturated carbocycles. The number of hydrogen-bond acceptors (Lipinski definition) is 3. The third kappa shape index (κ3) is 2.47. The van der Waals surface area contributed by atoms with Gasteiger partial charge in [-0.25, -0.2) is 0 Å². The van der Waals surface area contributed by atoms with E-state index in [1.807, 2.05) is 20.8 Å². The topological polar surface area (TPSA) is 46.5 Å². The standard InChI is InChI=1S/C11H20O3/c1-10(2,3)14-9(13)11(4,7-12)8-5-6-8/h8,12H,5-7H2,1-4H3. The minimum atomic E-state index is -0.687. The maximum absolute atomic E-state index is 11.8. The lowest BCUT2D eigenvalue weighted by atomic mass is 9.86. The molecular formula is C11H20O3. The van der Waals surface area contributed by atoms with Gasteiger partial charge in [-0.2, -0.15) is 0 Å². The molecule has 0 aliphatic heterocycles. The molecule has 1 aliphatic carbocycles. The van der Waals surface area contributed by atoms with E-state index >= 15 is 0 Å². The molecule has 0 aromatic rings. The summed E-state index contributed by atoms with van der Waals surface area (Å²) in [5, 5.41) is 9.26. The summed E-state index contributed by atoms with van der Waals surface area (Å²) in [6, 6.07) is 0. The highest BCUT2D eigenvalue weighted by Crippen LogP contribution is 2.46. The number of aliphatic hydroxyl groups excluding tert-OH is 1. The number of hydrogen-bond donors (Lipinski definition) is 1. The molecule has 1 atom stereocenters. The summed E-state index contributed by atoms with van der Waals surface area (Å²) >= 11 is 0. The van der Waals surface area contributed by atoms with Crippen LogP contribution in [0.5, 0.6) is 0 Å². The van der Waals surface area contributed by atoms with Crippen molar-refractivity contribution in [2.24, 2.45) is 11.3 Å². The third-order valence-corrected chi connectivity index (χ3v) is 2.67. The van der Waals surface area contributed by atoms with Gasteiger partial charge in [-0.1, -0.05) is 0 Å². The molecule has 0 spiro atoms. The van der Waals surface area contributed by atoms with Crippen LogP contribution in [0.15, 0.2) is 0 Å². The Bertz CT molecular complexity index is 225.